The first-order valence-corrected chi connectivity index (χ1v) is 12.7. The molecule has 0 spiro atoms. The van der Waals surface area contributed by atoms with Crippen molar-refractivity contribution in [3.63, 3.8) is 0 Å². The molecule has 36 heavy (non-hydrogen) atoms. The lowest BCUT2D eigenvalue weighted by Crippen LogP contribution is -2.20. The second-order valence-corrected chi connectivity index (χ2v) is 9.54. The van der Waals surface area contributed by atoms with Crippen molar-refractivity contribution >= 4 is 39.8 Å². The molecule has 0 saturated heterocycles. The predicted octanol–water partition coefficient (Wildman–Crippen LogP) is 5.26. The Balaban J connectivity index is 1.56. The molecule has 0 saturated carbocycles. The Morgan fingerprint density at radius 3 is 2.44 bits per heavy atom. The molecule has 3 aromatic carbocycles. The van der Waals surface area contributed by atoms with Crippen molar-refractivity contribution in [3.05, 3.63) is 82.3 Å². The lowest BCUT2D eigenvalue weighted by Gasteiger charge is -2.12. The molecule has 0 fully saturated rings. The van der Waals surface area contributed by atoms with Crippen LogP contribution >= 0.6 is 27.7 Å². The van der Waals surface area contributed by atoms with Crippen LogP contribution in [-0.2, 0) is 4.79 Å². The van der Waals surface area contributed by atoms with E-state index >= 15 is 0 Å². The van der Waals surface area contributed by atoms with E-state index in [2.05, 4.69) is 36.7 Å². The summed E-state index contributed by atoms with van der Waals surface area (Å²) in [6.45, 7) is 2.03. The largest absolute Gasteiger partial charge is 0.493 e. The van der Waals surface area contributed by atoms with Gasteiger partial charge < -0.3 is 9.47 Å². The van der Waals surface area contributed by atoms with Crippen LogP contribution in [0.3, 0.4) is 0 Å². The summed E-state index contributed by atoms with van der Waals surface area (Å²) in [7, 11) is 3.18. The summed E-state index contributed by atoms with van der Waals surface area (Å²) in [6, 6.07) is 21.2. The molecule has 0 aliphatic carbocycles. The van der Waals surface area contributed by atoms with E-state index in [-0.39, 0.29) is 11.7 Å². The van der Waals surface area contributed by atoms with Gasteiger partial charge in [-0.1, -0.05) is 57.5 Å². The van der Waals surface area contributed by atoms with E-state index in [1.807, 2.05) is 78.2 Å². The average molecular weight is 566 g/mol. The van der Waals surface area contributed by atoms with Crippen LogP contribution in [0.1, 0.15) is 11.1 Å². The van der Waals surface area contributed by atoms with Gasteiger partial charge in [-0.05, 0) is 55.0 Å². The first-order chi connectivity index (χ1) is 17.5. The van der Waals surface area contributed by atoms with Crippen LogP contribution in [0, 0.1) is 6.92 Å². The van der Waals surface area contributed by atoms with Crippen molar-refractivity contribution in [3.8, 4) is 28.6 Å². The van der Waals surface area contributed by atoms with Crippen LogP contribution in [-0.4, -0.2) is 46.9 Å². The number of benzene rings is 3. The maximum absolute atomic E-state index is 12.4. The van der Waals surface area contributed by atoms with Gasteiger partial charge in [0.05, 0.1) is 26.2 Å². The molecule has 4 aromatic rings. The molecule has 184 valence electrons. The lowest BCUT2D eigenvalue weighted by atomic mass is 10.1. The zero-order valence-electron chi connectivity index (χ0n) is 19.9. The van der Waals surface area contributed by atoms with Gasteiger partial charge in [-0.3, -0.25) is 9.36 Å². The molecular formula is C26H24BrN5O3S. The van der Waals surface area contributed by atoms with Crippen molar-refractivity contribution in [1.82, 2.24) is 20.2 Å². The molecule has 0 radical (unpaired) electrons. The number of carbonyl (C=O) groups excluding carboxylic acids is 1. The van der Waals surface area contributed by atoms with E-state index in [9.17, 15) is 4.79 Å². The van der Waals surface area contributed by atoms with Crippen molar-refractivity contribution in [2.45, 2.75) is 12.1 Å². The third kappa shape index (κ3) is 6.13. The van der Waals surface area contributed by atoms with E-state index in [1.165, 1.54) is 11.8 Å². The van der Waals surface area contributed by atoms with Gasteiger partial charge in [0.25, 0.3) is 5.91 Å². The van der Waals surface area contributed by atoms with Crippen molar-refractivity contribution in [2.24, 2.45) is 5.10 Å². The number of hydrazone groups is 1. The molecule has 4 rings (SSSR count). The number of hydrogen-bond donors (Lipinski definition) is 1. The Kier molecular flexibility index (Phi) is 8.40. The smallest absolute Gasteiger partial charge is 0.250 e. The van der Waals surface area contributed by atoms with Crippen LogP contribution < -0.4 is 14.9 Å². The van der Waals surface area contributed by atoms with E-state index in [1.54, 1.807) is 20.4 Å². The summed E-state index contributed by atoms with van der Waals surface area (Å²) in [5, 5.41) is 13.4. The Morgan fingerprint density at radius 2 is 1.75 bits per heavy atom. The number of amides is 1. The van der Waals surface area contributed by atoms with Crippen LogP contribution in [0.4, 0.5) is 0 Å². The first-order valence-electron chi connectivity index (χ1n) is 10.9. The van der Waals surface area contributed by atoms with Crippen LogP contribution in [0.25, 0.3) is 17.1 Å². The molecule has 8 nitrogen and oxygen atoms in total. The molecule has 10 heteroatoms. The fraction of sp³-hybridized carbons (Fsp3) is 0.154. The minimum absolute atomic E-state index is 0.119. The number of nitrogens with one attached hydrogen (secondary N) is 1. The molecule has 0 unspecified atom stereocenters. The predicted molar refractivity (Wildman–Crippen MR) is 145 cm³/mol. The van der Waals surface area contributed by atoms with Gasteiger partial charge in [-0.2, -0.15) is 5.10 Å². The van der Waals surface area contributed by atoms with Gasteiger partial charge in [0.15, 0.2) is 22.5 Å². The molecule has 0 aliphatic heterocycles. The maximum Gasteiger partial charge on any atom is 0.250 e. The normalized spacial score (nSPS) is 11.0. The number of aromatic nitrogens is 3. The standard InChI is InChI=1S/C26H24BrN5O3S/c1-17-4-11-21(12-5-17)32-25(19-8-13-22(34-2)23(14-19)35-3)30-31-26(32)36-16-24(33)29-28-15-18-6-9-20(27)10-7-18/h4-15H,16H2,1-3H3,(H,29,33)/b28-15-. The highest BCUT2D eigenvalue weighted by atomic mass is 79.9. The summed E-state index contributed by atoms with van der Waals surface area (Å²) >= 11 is 4.67. The van der Waals surface area contributed by atoms with Gasteiger partial charge >= 0.3 is 0 Å². The van der Waals surface area contributed by atoms with Crippen molar-refractivity contribution in [2.75, 3.05) is 20.0 Å². The van der Waals surface area contributed by atoms with Gasteiger partial charge in [0.1, 0.15) is 0 Å². The first kappa shape index (κ1) is 25.5. The molecular weight excluding hydrogens is 542 g/mol. The van der Waals surface area contributed by atoms with Gasteiger partial charge in [-0.25, -0.2) is 5.43 Å². The van der Waals surface area contributed by atoms with Crippen molar-refractivity contribution < 1.29 is 14.3 Å². The number of hydrogen-bond acceptors (Lipinski definition) is 7. The molecule has 0 bridgehead atoms. The third-order valence-electron chi connectivity index (χ3n) is 5.17. The minimum atomic E-state index is -0.250. The molecule has 1 aromatic heterocycles. The molecule has 1 heterocycles. The number of carbonyl (C=O) groups is 1. The summed E-state index contributed by atoms with van der Waals surface area (Å²) in [6.07, 6.45) is 1.60. The monoisotopic (exact) mass is 565 g/mol. The molecule has 0 aliphatic rings. The second-order valence-electron chi connectivity index (χ2n) is 7.68. The average Bonchev–Trinajstić information content (AvgIpc) is 3.32. The molecule has 1 amide bonds. The maximum atomic E-state index is 12.4. The van der Waals surface area contributed by atoms with Gasteiger partial charge in [-0.15, -0.1) is 10.2 Å². The van der Waals surface area contributed by atoms with Crippen molar-refractivity contribution in [1.29, 1.82) is 0 Å². The Bertz CT molecular complexity index is 1370. The zero-order valence-corrected chi connectivity index (χ0v) is 22.3. The van der Waals surface area contributed by atoms with Gasteiger partial charge in [0, 0.05) is 15.7 Å². The Labute approximate surface area is 221 Å². The molecule has 0 atom stereocenters. The van der Waals surface area contributed by atoms with E-state index < -0.39 is 0 Å². The summed E-state index contributed by atoms with van der Waals surface area (Å²) < 4.78 is 13.7. The number of aryl methyl sites for hydroxylation is 1. The SMILES string of the molecule is COc1ccc(-c2nnc(SCC(=O)N/N=C\c3ccc(Br)cc3)n2-c2ccc(C)cc2)cc1OC. The van der Waals surface area contributed by atoms with E-state index in [0.29, 0.717) is 22.5 Å². The third-order valence-corrected chi connectivity index (χ3v) is 6.63. The minimum Gasteiger partial charge on any atom is -0.493 e. The number of methoxy groups -OCH3 is 2. The fourth-order valence-corrected chi connectivity index (χ4v) is 4.35. The van der Waals surface area contributed by atoms with E-state index in [0.717, 1.165) is 26.9 Å². The quantitative estimate of drug-likeness (QED) is 0.169. The van der Waals surface area contributed by atoms with Crippen LogP contribution in [0.2, 0.25) is 0 Å². The summed E-state index contributed by atoms with van der Waals surface area (Å²) in [5.41, 5.74) is 6.26. The lowest BCUT2D eigenvalue weighted by molar-refractivity contribution is -0.118. The Morgan fingerprint density at radius 1 is 1.03 bits per heavy atom. The number of thioether (sulfide) groups is 1. The highest BCUT2D eigenvalue weighted by molar-refractivity contribution is 9.10. The highest BCUT2D eigenvalue weighted by Crippen LogP contribution is 2.34. The second kappa shape index (κ2) is 11.9. The molecule has 1 N–H and O–H groups in total. The summed E-state index contributed by atoms with van der Waals surface area (Å²) in [4.78, 5) is 12.4. The topological polar surface area (TPSA) is 90.6 Å². The number of nitrogens with zero attached hydrogens (tertiary/aromatic N) is 4. The highest BCUT2D eigenvalue weighted by Gasteiger charge is 2.19. The Hall–Kier alpha value is -3.63. The number of halogens is 1. The van der Waals surface area contributed by atoms with E-state index in [4.69, 9.17) is 9.47 Å². The zero-order chi connectivity index (χ0) is 25.5. The van der Waals surface area contributed by atoms with Crippen LogP contribution in [0.5, 0.6) is 11.5 Å². The number of ether oxygens (including phenoxy) is 2. The fourth-order valence-electron chi connectivity index (χ4n) is 3.34. The van der Waals surface area contributed by atoms with Gasteiger partial charge in [0.2, 0.25) is 0 Å². The number of rotatable bonds is 9. The van der Waals surface area contributed by atoms with Crippen LogP contribution in [0.15, 0.2) is 81.5 Å². The summed E-state index contributed by atoms with van der Waals surface area (Å²) in [5.74, 6) is 1.70.